The fourth-order valence-corrected chi connectivity index (χ4v) is 2.52. The number of aryl methyl sites for hydroxylation is 4. The van der Waals surface area contributed by atoms with Crippen LogP contribution in [-0.2, 0) is 25.7 Å². The van der Waals surface area contributed by atoms with Crippen molar-refractivity contribution in [2.45, 2.75) is 38.5 Å². The number of nitrogens with zero attached hydrogens (tertiary/aromatic N) is 2. The largest absolute Gasteiger partial charge is 0.258 e. The van der Waals surface area contributed by atoms with Crippen LogP contribution < -0.4 is 0 Å². The fourth-order valence-electron chi connectivity index (χ4n) is 2.52. The number of hydrogen-bond donors (Lipinski definition) is 0. The minimum atomic E-state index is 1.06. The Labute approximate surface area is 108 Å². The molecule has 0 fully saturated rings. The molecule has 0 N–H and O–H groups in total. The maximum absolute atomic E-state index is 4.72. The highest BCUT2D eigenvalue weighted by atomic mass is 14.7. The van der Waals surface area contributed by atoms with Gasteiger partial charge in [0.15, 0.2) is 0 Å². The highest BCUT2D eigenvalue weighted by Gasteiger charge is 2.04. The van der Waals surface area contributed by atoms with Crippen LogP contribution in [-0.4, -0.2) is 9.97 Å². The number of rotatable bonds is 0. The molecule has 0 atom stereocenters. The quantitative estimate of drug-likeness (QED) is 0.704. The van der Waals surface area contributed by atoms with Crippen molar-refractivity contribution in [1.29, 1.82) is 0 Å². The van der Waals surface area contributed by atoms with Gasteiger partial charge in [0, 0.05) is 22.8 Å². The molecule has 0 unspecified atom stereocenters. The van der Waals surface area contributed by atoms with Gasteiger partial charge in [-0.05, 0) is 62.8 Å². The first-order chi connectivity index (χ1) is 8.90. The second-order valence-corrected chi connectivity index (χ2v) is 4.95. The Bertz CT molecular complexity index is 446. The lowest BCUT2D eigenvalue weighted by molar-refractivity contribution is 0.726. The highest BCUT2D eigenvalue weighted by molar-refractivity contribution is 5.15. The molecule has 0 saturated carbocycles. The average Bonchev–Trinajstić information content (AvgIpc) is 2.39. The van der Waals surface area contributed by atoms with Crippen molar-refractivity contribution in [2.75, 3.05) is 0 Å². The minimum Gasteiger partial charge on any atom is -0.258 e. The molecule has 0 radical (unpaired) electrons. The Morgan fingerprint density at radius 3 is 1.22 bits per heavy atom. The molecule has 3 rings (SSSR count). The van der Waals surface area contributed by atoms with E-state index in [2.05, 4.69) is 36.4 Å². The lowest BCUT2D eigenvalue weighted by Gasteiger charge is -2.08. The Hall–Kier alpha value is -1.70. The molecule has 2 aromatic rings. The standard InChI is InChI=1S/C16H18N2/c1-5-13-9-3-11-15-7-2-8-16(18-15)12-4-10-14(6-1)17-13/h1-2,5-8H,3-4,9-12H2. The normalized spacial score (nSPS) is 15.6. The zero-order chi connectivity index (χ0) is 12.2. The Morgan fingerprint density at radius 2 is 0.889 bits per heavy atom. The topological polar surface area (TPSA) is 25.8 Å². The molecule has 3 heterocycles. The third-order valence-electron chi connectivity index (χ3n) is 3.46. The van der Waals surface area contributed by atoms with Crippen molar-refractivity contribution >= 4 is 0 Å². The van der Waals surface area contributed by atoms with Crippen molar-refractivity contribution in [1.82, 2.24) is 9.97 Å². The Kier molecular flexibility index (Phi) is 3.35. The SMILES string of the molecule is c1cc2nc(c1)CCCc1cccc(n1)CCC2. The van der Waals surface area contributed by atoms with Gasteiger partial charge in [0.25, 0.3) is 0 Å². The molecule has 2 nitrogen and oxygen atoms in total. The summed E-state index contributed by atoms with van der Waals surface area (Å²) in [5, 5.41) is 0. The molecule has 92 valence electrons. The van der Waals surface area contributed by atoms with Gasteiger partial charge in [0.2, 0.25) is 0 Å². The van der Waals surface area contributed by atoms with E-state index in [1.807, 2.05) is 0 Å². The molecule has 0 aromatic carbocycles. The predicted molar refractivity (Wildman–Crippen MR) is 72.5 cm³/mol. The van der Waals surface area contributed by atoms with Gasteiger partial charge in [-0.2, -0.15) is 0 Å². The predicted octanol–water partition coefficient (Wildman–Crippen LogP) is 3.14. The summed E-state index contributed by atoms with van der Waals surface area (Å²) in [7, 11) is 0. The molecular weight excluding hydrogens is 220 g/mol. The number of hydrogen-bond acceptors (Lipinski definition) is 2. The summed E-state index contributed by atoms with van der Waals surface area (Å²) in [5.41, 5.74) is 4.90. The van der Waals surface area contributed by atoms with Crippen molar-refractivity contribution in [3.63, 3.8) is 0 Å². The summed E-state index contributed by atoms with van der Waals surface area (Å²) in [4.78, 5) is 9.45. The van der Waals surface area contributed by atoms with E-state index in [1.165, 1.54) is 22.8 Å². The summed E-state index contributed by atoms with van der Waals surface area (Å²) in [6, 6.07) is 12.8. The Morgan fingerprint density at radius 1 is 0.556 bits per heavy atom. The Balaban J connectivity index is 1.84. The van der Waals surface area contributed by atoms with Crippen LogP contribution in [0.25, 0.3) is 0 Å². The first kappa shape index (κ1) is 11.4. The third kappa shape index (κ3) is 2.76. The number of fused-ring (bicyclic) bond motifs is 4. The fraction of sp³-hybridized carbons (Fsp3) is 0.375. The van der Waals surface area contributed by atoms with Crippen LogP contribution >= 0.6 is 0 Å². The second-order valence-electron chi connectivity index (χ2n) is 4.95. The van der Waals surface area contributed by atoms with Gasteiger partial charge >= 0.3 is 0 Å². The molecule has 1 aliphatic heterocycles. The third-order valence-corrected chi connectivity index (χ3v) is 3.46. The van der Waals surface area contributed by atoms with Crippen molar-refractivity contribution in [3.8, 4) is 0 Å². The first-order valence-electron chi connectivity index (χ1n) is 6.80. The van der Waals surface area contributed by atoms with Crippen molar-refractivity contribution in [3.05, 3.63) is 59.2 Å². The van der Waals surface area contributed by atoms with Crippen LogP contribution in [0.5, 0.6) is 0 Å². The lowest BCUT2D eigenvalue weighted by atomic mass is 10.1. The smallest absolute Gasteiger partial charge is 0.0407 e. The number of pyridine rings is 2. The van der Waals surface area contributed by atoms with Crippen LogP contribution in [0.3, 0.4) is 0 Å². The van der Waals surface area contributed by atoms with Crippen molar-refractivity contribution < 1.29 is 0 Å². The summed E-state index contributed by atoms with van der Waals surface area (Å²) in [6.07, 6.45) is 6.48. The molecule has 0 amide bonds. The van der Waals surface area contributed by atoms with E-state index in [0.29, 0.717) is 0 Å². The lowest BCUT2D eigenvalue weighted by Crippen LogP contribution is -2.02. The van der Waals surface area contributed by atoms with Crippen LogP contribution in [0.2, 0.25) is 0 Å². The van der Waals surface area contributed by atoms with Gasteiger partial charge in [-0.25, -0.2) is 0 Å². The molecular formula is C16H18N2. The average molecular weight is 238 g/mol. The van der Waals surface area contributed by atoms with Crippen molar-refractivity contribution in [2.24, 2.45) is 0 Å². The molecule has 2 heteroatoms. The monoisotopic (exact) mass is 238 g/mol. The van der Waals surface area contributed by atoms with Crippen LogP contribution in [0.1, 0.15) is 35.6 Å². The highest BCUT2D eigenvalue weighted by Crippen LogP contribution is 2.12. The van der Waals surface area contributed by atoms with Gasteiger partial charge in [-0.1, -0.05) is 12.1 Å². The molecule has 1 aliphatic rings. The molecule has 0 spiro atoms. The van der Waals surface area contributed by atoms with E-state index >= 15 is 0 Å². The summed E-state index contributed by atoms with van der Waals surface area (Å²) < 4.78 is 0. The van der Waals surface area contributed by atoms with Gasteiger partial charge in [0.1, 0.15) is 0 Å². The summed E-state index contributed by atoms with van der Waals surface area (Å²) in [6.45, 7) is 0. The summed E-state index contributed by atoms with van der Waals surface area (Å²) in [5.74, 6) is 0. The van der Waals surface area contributed by atoms with E-state index in [1.54, 1.807) is 0 Å². The molecule has 0 aliphatic carbocycles. The van der Waals surface area contributed by atoms with Crippen LogP contribution in [0, 0.1) is 0 Å². The van der Waals surface area contributed by atoms with E-state index in [0.717, 1.165) is 38.5 Å². The van der Waals surface area contributed by atoms with E-state index < -0.39 is 0 Å². The minimum absolute atomic E-state index is 1.06. The number of aromatic nitrogens is 2. The van der Waals surface area contributed by atoms with Crippen LogP contribution in [0.15, 0.2) is 36.4 Å². The molecule has 2 aromatic heterocycles. The van der Waals surface area contributed by atoms with Gasteiger partial charge < -0.3 is 0 Å². The summed E-state index contributed by atoms with van der Waals surface area (Å²) >= 11 is 0. The molecule has 4 bridgehead atoms. The molecule has 0 saturated heterocycles. The van der Waals surface area contributed by atoms with E-state index in [-0.39, 0.29) is 0 Å². The van der Waals surface area contributed by atoms with Crippen LogP contribution in [0.4, 0.5) is 0 Å². The zero-order valence-corrected chi connectivity index (χ0v) is 10.6. The van der Waals surface area contributed by atoms with E-state index in [9.17, 15) is 0 Å². The zero-order valence-electron chi connectivity index (χ0n) is 10.6. The van der Waals surface area contributed by atoms with Gasteiger partial charge in [-0.3, -0.25) is 9.97 Å². The first-order valence-corrected chi connectivity index (χ1v) is 6.80. The maximum Gasteiger partial charge on any atom is 0.0407 e. The van der Waals surface area contributed by atoms with Gasteiger partial charge in [0.05, 0.1) is 0 Å². The molecule has 18 heavy (non-hydrogen) atoms. The maximum atomic E-state index is 4.72. The van der Waals surface area contributed by atoms with Gasteiger partial charge in [-0.15, -0.1) is 0 Å². The second kappa shape index (κ2) is 5.30. The van der Waals surface area contributed by atoms with E-state index in [4.69, 9.17) is 9.97 Å².